The summed E-state index contributed by atoms with van der Waals surface area (Å²) < 4.78 is 13.4. The van der Waals surface area contributed by atoms with Crippen LogP contribution >= 0.6 is 22.9 Å². The molecule has 0 aliphatic rings. The van der Waals surface area contributed by atoms with Crippen LogP contribution in [0.1, 0.15) is 16.3 Å². The van der Waals surface area contributed by atoms with E-state index in [4.69, 9.17) is 11.6 Å². The molecule has 1 aromatic heterocycles. The van der Waals surface area contributed by atoms with Crippen LogP contribution in [0.5, 0.6) is 0 Å². The Kier molecular flexibility index (Phi) is 4.10. The second kappa shape index (κ2) is 5.58. The van der Waals surface area contributed by atoms with Crippen molar-refractivity contribution in [2.45, 2.75) is 20.0 Å². The highest BCUT2D eigenvalue weighted by molar-refractivity contribution is 7.09. The lowest BCUT2D eigenvalue weighted by Crippen LogP contribution is -2.14. The number of aromatic nitrogens is 1. The van der Waals surface area contributed by atoms with Crippen LogP contribution in [0.2, 0.25) is 5.02 Å². The van der Waals surface area contributed by atoms with Crippen molar-refractivity contribution >= 4 is 22.9 Å². The third-order valence-electron chi connectivity index (χ3n) is 2.30. The van der Waals surface area contributed by atoms with E-state index in [9.17, 15) is 4.39 Å². The van der Waals surface area contributed by atoms with Crippen molar-refractivity contribution in [2.24, 2.45) is 0 Å². The summed E-state index contributed by atoms with van der Waals surface area (Å²) in [6.45, 7) is 3.05. The predicted octanol–water partition coefficient (Wildman–Crippen LogP) is 3.53. The molecular weight excluding hydrogens is 259 g/mol. The van der Waals surface area contributed by atoms with E-state index in [0.717, 1.165) is 10.7 Å². The average Bonchev–Trinajstić information content (AvgIpc) is 2.69. The molecule has 2 nitrogen and oxygen atoms in total. The minimum atomic E-state index is -0.239. The Bertz CT molecular complexity index is 513. The molecule has 0 bridgehead atoms. The summed E-state index contributed by atoms with van der Waals surface area (Å²) in [5.41, 5.74) is 1.55. The molecule has 1 N–H and O–H groups in total. The van der Waals surface area contributed by atoms with Crippen LogP contribution in [0.15, 0.2) is 23.6 Å². The summed E-state index contributed by atoms with van der Waals surface area (Å²) in [4.78, 5) is 4.32. The normalized spacial score (nSPS) is 10.8. The molecule has 5 heteroatoms. The van der Waals surface area contributed by atoms with Gasteiger partial charge in [0.15, 0.2) is 0 Å². The van der Waals surface area contributed by atoms with Crippen LogP contribution in [0.25, 0.3) is 0 Å². The minimum absolute atomic E-state index is 0.239. The van der Waals surface area contributed by atoms with Crippen molar-refractivity contribution in [1.82, 2.24) is 10.3 Å². The first-order valence-electron chi connectivity index (χ1n) is 5.21. The maximum Gasteiger partial charge on any atom is 0.127 e. The Balaban J connectivity index is 1.91. The third kappa shape index (κ3) is 3.49. The third-order valence-corrected chi connectivity index (χ3v) is 3.35. The zero-order valence-corrected chi connectivity index (χ0v) is 10.9. The number of nitrogens with zero attached hydrogens (tertiary/aromatic N) is 1. The molecule has 0 atom stereocenters. The molecule has 0 spiro atoms. The minimum Gasteiger partial charge on any atom is -0.307 e. The van der Waals surface area contributed by atoms with E-state index < -0.39 is 0 Å². The predicted molar refractivity (Wildman–Crippen MR) is 68.8 cm³/mol. The molecule has 2 aromatic rings. The average molecular weight is 271 g/mol. The fourth-order valence-corrected chi connectivity index (χ4v) is 2.30. The molecule has 1 aromatic carbocycles. The van der Waals surface area contributed by atoms with Gasteiger partial charge in [-0.15, -0.1) is 11.3 Å². The summed E-state index contributed by atoms with van der Waals surface area (Å²) in [5, 5.41) is 6.73. The highest BCUT2D eigenvalue weighted by Gasteiger charge is 2.03. The van der Waals surface area contributed by atoms with Crippen molar-refractivity contribution in [2.75, 3.05) is 0 Å². The lowest BCUT2D eigenvalue weighted by molar-refractivity contribution is 0.586. The second-order valence-corrected chi connectivity index (χ2v) is 5.20. The van der Waals surface area contributed by atoms with Crippen molar-refractivity contribution in [3.05, 3.63) is 50.7 Å². The van der Waals surface area contributed by atoms with Gasteiger partial charge in [-0.05, 0) is 25.1 Å². The van der Waals surface area contributed by atoms with Gasteiger partial charge in [0, 0.05) is 29.1 Å². The number of halogens is 2. The van der Waals surface area contributed by atoms with E-state index in [-0.39, 0.29) is 5.82 Å². The Morgan fingerprint density at radius 2 is 2.24 bits per heavy atom. The molecule has 17 heavy (non-hydrogen) atoms. The van der Waals surface area contributed by atoms with Gasteiger partial charge in [0.05, 0.1) is 10.7 Å². The first-order chi connectivity index (χ1) is 8.15. The standard InChI is InChI=1S/C12H12ClFN2S/c1-8-16-11(7-17-8)6-15-5-9-4-10(13)2-3-12(9)14/h2-4,7,15H,5-6H2,1H3. The van der Waals surface area contributed by atoms with Gasteiger partial charge >= 0.3 is 0 Å². The molecule has 0 saturated carbocycles. The molecule has 0 radical (unpaired) electrons. The van der Waals surface area contributed by atoms with E-state index >= 15 is 0 Å². The highest BCUT2D eigenvalue weighted by Crippen LogP contribution is 2.15. The number of aryl methyl sites for hydroxylation is 1. The molecule has 2 rings (SSSR count). The first kappa shape index (κ1) is 12.5. The van der Waals surface area contributed by atoms with Gasteiger partial charge < -0.3 is 5.32 Å². The lowest BCUT2D eigenvalue weighted by Gasteiger charge is -2.05. The molecule has 0 aliphatic heterocycles. The Morgan fingerprint density at radius 1 is 1.41 bits per heavy atom. The van der Waals surface area contributed by atoms with Crippen molar-refractivity contribution in [1.29, 1.82) is 0 Å². The van der Waals surface area contributed by atoms with E-state index in [1.165, 1.54) is 6.07 Å². The number of thiazole rings is 1. The monoisotopic (exact) mass is 270 g/mol. The summed E-state index contributed by atoms with van der Waals surface area (Å²) >= 11 is 7.42. The maximum absolute atomic E-state index is 13.4. The molecule has 0 saturated heterocycles. The molecule has 0 unspecified atom stereocenters. The smallest absolute Gasteiger partial charge is 0.127 e. The van der Waals surface area contributed by atoms with Crippen molar-refractivity contribution < 1.29 is 4.39 Å². The Morgan fingerprint density at radius 3 is 2.94 bits per heavy atom. The van der Waals surface area contributed by atoms with Crippen molar-refractivity contribution in [3.63, 3.8) is 0 Å². The summed E-state index contributed by atoms with van der Waals surface area (Å²) in [7, 11) is 0. The van der Waals surface area contributed by atoms with Crippen LogP contribution in [-0.4, -0.2) is 4.98 Å². The highest BCUT2D eigenvalue weighted by atomic mass is 35.5. The Hall–Kier alpha value is -0.970. The van der Waals surface area contributed by atoms with E-state index in [0.29, 0.717) is 23.7 Å². The van der Waals surface area contributed by atoms with E-state index in [2.05, 4.69) is 10.3 Å². The largest absolute Gasteiger partial charge is 0.307 e. The molecule has 0 amide bonds. The number of hydrogen-bond acceptors (Lipinski definition) is 3. The molecule has 90 valence electrons. The molecular formula is C12H12ClFN2S. The Labute approximate surface area is 108 Å². The van der Waals surface area contributed by atoms with Crippen LogP contribution in [-0.2, 0) is 13.1 Å². The lowest BCUT2D eigenvalue weighted by atomic mass is 10.2. The summed E-state index contributed by atoms with van der Waals surface area (Å²) in [5.74, 6) is -0.239. The molecule has 0 fully saturated rings. The number of nitrogens with one attached hydrogen (secondary N) is 1. The van der Waals surface area contributed by atoms with E-state index in [1.54, 1.807) is 23.5 Å². The van der Waals surface area contributed by atoms with Crippen LogP contribution in [0.3, 0.4) is 0 Å². The fraction of sp³-hybridized carbons (Fsp3) is 0.250. The summed E-state index contributed by atoms with van der Waals surface area (Å²) in [6.07, 6.45) is 0. The SMILES string of the molecule is Cc1nc(CNCc2cc(Cl)ccc2F)cs1. The van der Waals surface area contributed by atoms with Gasteiger partial charge in [0.2, 0.25) is 0 Å². The fourth-order valence-electron chi connectivity index (χ4n) is 1.49. The first-order valence-corrected chi connectivity index (χ1v) is 6.46. The van der Waals surface area contributed by atoms with Crippen LogP contribution in [0, 0.1) is 12.7 Å². The van der Waals surface area contributed by atoms with Crippen LogP contribution in [0.4, 0.5) is 4.39 Å². The second-order valence-electron chi connectivity index (χ2n) is 3.70. The number of rotatable bonds is 4. The van der Waals surface area contributed by atoms with Crippen LogP contribution < -0.4 is 5.32 Å². The quantitative estimate of drug-likeness (QED) is 0.919. The van der Waals surface area contributed by atoms with Gasteiger partial charge in [0.1, 0.15) is 5.82 Å². The zero-order valence-electron chi connectivity index (χ0n) is 9.34. The zero-order chi connectivity index (χ0) is 12.3. The number of benzene rings is 1. The van der Waals surface area contributed by atoms with Gasteiger partial charge in [0.25, 0.3) is 0 Å². The van der Waals surface area contributed by atoms with E-state index in [1.807, 2.05) is 12.3 Å². The maximum atomic E-state index is 13.4. The van der Waals surface area contributed by atoms with Gasteiger partial charge in [-0.3, -0.25) is 0 Å². The van der Waals surface area contributed by atoms with Gasteiger partial charge in [-0.2, -0.15) is 0 Å². The summed E-state index contributed by atoms with van der Waals surface area (Å²) in [6, 6.07) is 4.56. The van der Waals surface area contributed by atoms with Gasteiger partial charge in [-0.25, -0.2) is 9.37 Å². The molecule has 1 heterocycles. The number of hydrogen-bond donors (Lipinski definition) is 1. The van der Waals surface area contributed by atoms with Crippen molar-refractivity contribution in [3.8, 4) is 0 Å². The molecule has 0 aliphatic carbocycles. The van der Waals surface area contributed by atoms with Gasteiger partial charge in [-0.1, -0.05) is 11.6 Å². The topological polar surface area (TPSA) is 24.9 Å².